The maximum atomic E-state index is 15.3. The fraction of sp³-hybridized carbons (Fsp3) is 0.500. The van der Waals surface area contributed by atoms with E-state index in [-0.39, 0.29) is 43.2 Å². The molecule has 2 aromatic rings. The smallest absolute Gasteiger partial charge is 0.330 e. The van der Waals surface area contributed by atoms with Crippen molar-refractivity contribution in [2.24, 2.45) is 0 Å². The third-order valence-corrected chi connectivity index (χ3v) is 6.12. The molecule has 1 aliphatic heterocycles. The summed E-state index contributed by atoms with van der Waals surface area (Å²) in [5.41, 5.74) is -0.0835. The average Bonchev–Trinajstić information content (AvgIpc) is 3.37. The molecule has 0 saturated heterocycles. The van der Waals surface area contributed by atoms with Crippen molar-refractivity contribution in [3.05, 3.63) is 29.5 Å². The normalized spacial score (nSPS) is 16.3. The molecule has 0 atom stereocenters. The number of rotatable bonds is 8. The molecule has 2 heterocycles. The predicted octanol–water partition coefficient (Wildman–Crippen LogP) is 2.43. The third kappa shape index (κ3) is 4.18. The summed E-state index contributed by atoms with van der Waals surface area (Å²) in [5, 5.41) is 21.5. The van der Waals surface area contributed by atoms with E-state index in [1.54, 1.807) is 0 Å². The van der Waals surface area contributed by atoms with Crippen LogP contribution in [0.4, 0.5) is 31.0 Å². The van der Waals surface area contributed by atoms with E-state index < -0.39 is 29.4 Å². The SMILES string of the molecule is COc1cc(OC)c(F)c(N2Cc3cnc(NC(CO)CO)nc3N(C3CCCC3)C2=O)c1F. The summed E-state index contributed by atoms with van der Waals surface area (Å²) < 4.78 is 40.6. The number of fused-ring (bicyclic) bond motifs is 1. The molecule has 0 unspecified atom stereocenters. The lowest BCUT2D eigenvalue weighted by Crippen LogP contribution is -2.52. The molecule has 12 heteroatoms. The van der Waals surface area contributed by atoms with E-state index >= 15 is 8.78 Å². The number of ether oxygens (including phenoxy) is 2. The minimum atomic E-state index is -1.02. The van der Waals surface area contributed by atoms with Crippen molar-refractivity contribution in [3.8, 4) is 11.5 Å². The molecular weight excluding hydrogens is 452 g/mol. The third-order valence-electron chi connectivity index (χ3n) is 6.12. The Morgan fingerprint density at radius 2 is 1.76 bits per heavy atom. The number of anilines is 3. The van der Waals surface area contributed by atoms with E-state index in [0.717, 1.165) is 23.8 Å². The standard InChI is InChI=1S/C22H27F2N5O5/c1-33-15-7-16(34-2)18(24)19(17(15)23)28-9-12-8-25-21(26-13(10-30)11-31)27-20(12)29(22(28)32)14-5-3-4-6-14/h7-8,13-14,30-31H,3-6,9-11H2,1-2H3,(H,25,26,27). The van der Waals surface area contributed by atoms with Gasteiger partial charge in [0.2, 0.25) is 5.95 Å². The van der Waals surface area contributed by atoms with Crippen molar-refractivity contribution in [2.45, 2.75) is 44.3 Å². The molecule has 10 nitrogen and oxygen atoms in total. The Labute approximate surface area is 195 Å². The molecular formula is C22H27F2N5O5. The highest BCUT2D eigenvalue weighted by Crippen LogP contribution is 2.42. The number of aliphatic hydroxyl groups excluding tert-OH is 2. The number of urea groups is 1. The first-order valence-corrected chi connectivity index (χ1v) is 11.0. The molecule has 2 aliphatic rings. The van der Waals surface area contributed by atoms with Gasteiger partial charge in [0.25, 0.3) is 0 Å². The van der Waals surface area contributed by atoms with Crippen LogP contribution < -0.4 is 24.6 Å². The van der Waals surface area contributed by atoms with E-state index in [4.69, 9.17) is 9.47 Å². The lowest BCUT2D eigenvalue weighted by molar-refractivity contribution is 0.203. The van der Waals surface area contributed by atoms with Crippen LogP contribution in [0.25, 0.3) is 0 Å². The molecule has 2 amide bonds. The minimum absolute atomic E-state index is 0.122. The second-order valence-corrected chi connectivity index (χ2v) is 8.18. The molecule has 0 spiro atoms. The van der Waals surface area contributed by atoms with Crippen LogP contribution in [-0.2, 0) is 6.54 Å². The number of carbonyl (C=O) groups is 1. The molecule has 0 bridgehead atoms. The van der Waals surface area contributed by atoms with Crippen LogP contribution in [0.3, 0.4) is 0 Å². The second kappa shape index (κ2) is 9.94. The molecule has 0 radical (unpaired) electrons. The number of methoxy groups -OCH3 is 2. The summed E-state index contributed by atoms with van der Waals surface area (Å²) in [7, 11) is 2.48. The Bertz CT molecular complexity index is 1030. The fourth-order valence-corrected chi connectivity index (χ4v) is 4.35. The summed E-state index contributed by atoms with van der Waals surface area (Å²) in [5.74, 6) is -2.09. The number of aliphatic hydroxyl groups is 2. The number of carbonyl (C=O) groups excluding carboxylic acids is 1. The average molecular weight is 479 g/mol. The Kier molecular flexibility index (Phi) is 6.98. The van der Waals surface area contributed by atoms with E-state index in [1.807, 2.05) is 0 Å². The topological polar surface area (TPSA) is 120 Å². The number of nitrogens with zero attached hydrogens (tertiary/aromatic N) is 4. The summed E-state index contributed by atoms with van der Waals surface area (Å²) in [6.07, 6.45) is 4.72. The van der Waals surface area contributed by atoms with Crippen LogP contribution in [0.2, 0.25) is 0 Å². The number of hydrogen-bond donors (Lipinski definition) is 3. The highest BCUT2D eigenvalue weighted by Gasteiger charge is 2.41. The van der Waals surface area contributed by atoms with Crippen LogP contribution in [0, 0.1) is 11.6 Å². The first-order valence-electron chi connectivity index (χ1n) is 11.0. The van der Waals surface area contributed by atoms with Gasteiger partial charge in [-0.05, 0) is 12.8 Å². The second-order valence-electron chi connectivity index (χ2n) is 8.18. The van der Waals surface area contributed by atoms with Gasteiger partial charge < -0.3 is 25.0 Å². The zero-order valence-electron chi connectivity index (χ0n) is 18.9. The Morgan fingerprint density at radius 1 is 1.15 bits per heavy atom. The van der Waals surface area contributed by atoms with Gasteiger partial charge in [-0.3, -0.25) is 9.80 Å². The summed E-state index contributed by atoms with van der Waals surface area (Å²) in [4.78, 5) is 24.8. The van der Waals surface area contributed by atoms with Gasteiger partial charge in [-0.25, -0.2) is 18.6 Å². The van der Waals surface area contributed by atoms with Crippen LogP contribution in [0.15, 0.2) is 12.3 Å². The number of halogens is 2. The fourth-order valence-electron chi connectivity index (χ4n) is 4.35. The van der Waals surface area contributed by atoms with E-state index in [2.05, 4.69) is 15.3 Å². The lowest BCUT2D eigenvalue weighted by atomic mass is 10.1. The predicted molar refractivity (Wildman–Crippen MR) is 119 cm³/mol. The molecule has 1 aromatic carbocycles. The summed E-state index contributed by atoms with van der Waals surface area (Å²) in [6.45, 7) is -0.857. The van der Waals surface area contributed by atoms with Gasteiger partial charge >= 0.3 is 6.03 Å². The van der Waals surface area contributed by atoms with Crippen molar-refractivity contribution < 1.29 is 33.3 Å². The molecule has 34 heavy (non-hydrogen) atoms. The number of amides is 2. The quantitative estimate of drug-likeness (QED) is 0.528. The lowest BCUT2D eigenvalue weighted by Gasteiger charge is -2.39. The van der Waals surface area contributed by atoms with Crippen LogP contribution in [0.1, 0.15) is 31.2 Å². The van der Waals surface area contributed by atoms with E-state index in [1.165, 1.54) is 25.3 Å². The van der Waals surface area contributed by atoms with Crippen molar-refractivity contribution in [3.63, 3.8) is 0 Å². The molecule has 1 aromatic heterocycles. The van der Waals surface area contributed by atoms with Crippen molar-refractivity contribution in [1.82, 2.24) is 9.97 Å². The molecule has 1 fully saturated rings. The number of nitrogens with one attached hydrogen (secondary N) is 1. The van der Waals surface area contributed by atoms with Gasteiger partial charge in [0.1, 0.15) is 11.5 Å². The highest BCUT2D eigenvalue weighted by atomic mass is 19.1. The maximum Gasteiger partial charge on any atom is 0.330 e. The molecule has 1 aliphatic carbocycles. The zero-order valence-corrected chi connectivity index (χ0v) is 18.9. The first-order chi connectivity index (χ1) is 16.4. The van der Waals surface area contributed by atoms with Crippen molar-refractivity contribution in [2.75, 3.05) is 42.5 Å². The first kappa shape index (κ1) is 23.9. The molecule has 1 saturated carbocycles. The van der Waals surface area contributed by atoms with Gasteiger partial charge in [0.05, 0.1) is 40.0 Å². The van der Waals surface area contributed by atoms with Crippen molar-refractivity contribution in [1.29, 1.82) is 0 Å². The zero-order chi connectivity index (χ0) is 24.4. The monoisotopic (exact) mass is 479 g/mol. The van der Waals surface area contributed by atoms with E-state index in [9.17, 15) is 15.0 Å². The van der Waals surface area contributed by atoms with Gasteiger partial charge in [0.15, 0.2) is 23.1 Å². The van der Waals surface area contributed by atoms with Crippen molar-refractivity contribution >= 4 is 23.5 Å². The minimum Gasteiger partial charge on any atom is -0.493 e. The van der Waals surface area contributed by atoms with Crippen LogP contribution in [-0.4, -0.2) is 65.7 Å². The number of aromatic nitrogens is 2. The van der Waals surface area contributed by atoms with Gasteiger partial charge in [-0.1, -0.05) is 12.8 Å². The van der Waals surface area contributed by atoms with E-state index in [0.29, 0.717) is 24.2 Å². The number of hydrogen-bond acceptors (Lipinski definition) is 8. The summed E-state index contributed by atoms with van der Waals surface area (Å²) >= 11 is 0. The Hall–Kier alpha value is -3.25. The highest BCUT2D eigenvalue weighted by molar-refractivity contribution is 6.06. The molecule has 184 valence electrons. The van der Waals surface area contributed by atoms with Gasteiger partial charge in [0, 0.05) is 23.9 Å². The number of benzene rings is 1. The largest absolute Gasteiger partial charge is 0.493 e. The van der Waals surface area contributed by atoms with Gasteiger partial charge in [-0.15, -0.1) is 0 Å². The maximum absolute atomic E-state index is 15.3. The van der Waals surface area contributed by atoms with Crippen LogP contribution >= 0.6 is 0 Å². The van der Waals surface area contributed by atoms with Crippen LogP contribution in [0.5, 0.6) is 11.5 Å². The summed E-state index contributed by atoms with van der Waals surface area (Å²) in [6, 6.07) is -0.424. The Morgan fingerprint density at radius 3 is 2.32 bits per heavy atom. The Balaban J connectivity index is 1.81. The van der Waals surface area contributed by atoms with Gasteiger partial charge in [-0.2, -0.15) is 4.98 Å². The molecule has 3 N–H and O–H groups in total. The molecule has 4 rings (SSSR count).